The van der Waals surface area contributed by atoms with Crippen LogP contribution in [0.2, 0.25) is 0 Å². The molecule has 182 valence electrons. The van der Waals surface area contributed by atoms with Gasteiger partial charge in [0.2, 0.25) is 0 Å². The SMILES string of the molecule is C/C=C/C=C1\N(C)c2ccc3ccccc3c2C1(C)C.CC1=CC(C)(C)c2c1ccc1ccccc21. The second kappa shape index (κ2) is 8.82. The number of benzene rings is 4. The van der Waals surface area contributed by atoms with Gasteiger partial charge in [0, 0.05) is 29.3 Å². The maximum atomic E-state index is 2.38. The summed E-state index contributed by atoms with van der Waals surface area (Å²) in [5.74, 6) is 0. The fourth-order valence-corrected chi connectivity index (χ4v) is 6.37. The molecule has 0 bridgehead atoms. The van der Waals surface area contributed by atoms with Crippen LogP contribution < -0.4 is 4.90 Å². The molecule has 4 aromatic carbocycles. The topological polar surface area (TPSA) is 3.24 Å². The fourth-order valence-electron chi connectivity index (χ4n) is 6.37. The zero-order chi connectivity index (χ0) is 25.7. The molecule has 0 saturated carbocycles. The van der Waals surface area contributed by atoms with Gasteiger partial charge >= 0.3 is 0 Å². The zero-order valence-corrected chi connectivity index (χ0v) is 22.7. The van der Waals surface area contributed by atoms with E-state index in [0.29, 0.717) is 0 Å². The van der Waals surface area contributed by atoms with E-state index in [2.05, 4.69) is 151 Å². The molecule has 36 heavy (non-hydrogen) atoms. The molecule has 0 spiro atoms. The van der Waals surface area contributed by atoms with Gasteiger partial charge in [-0.25, -0.2) is 0 Å². The van der Waals surface area contributed by atoms with Crippen LogP contribution in [0, 0.1) is 0 Å². The highest BCUT2D eigenvalue weighted by Gasteiger charge is 2.39. The first-order valence-corrected chi connectivity index (χ1v) is 13.0. The van der Waals surface area contributed by atoms with Crippen molar-refractivity contribution in [3.8, 4) is 0 Å². The summed E-state index contributed by atoms with van der Waals surface area (Å²) >= 11 is 0. The van der Waals surface area contributed by atoms with Crippen molar-refractivity contribution in [1.29, 1.82) is 0 Å². The smallest absolute Gasteiger partial charge is 0.0454 e. The van der Waals surface area contributed by atoms with Crippen LogP contribution in [0.15, 0.2) is 103 Å². The van der Waals surface area contributed by atoms with Crippen LogP contribution in [0.4, 0.5) is 5.69 Å². The van der Waals surface area contributed by atoms with Gasteiger partial charge in [-0.1, -0.05) is 113 Å². The molecule has 1 aliphatic carbocycles. The van der Waals surface area contributed by atoms with E-state index in [4.69, 9.17) is 0 Å². The van der Waals surface area contributed by atoms with Crippen LogP contribution in [0.5, 0.6) is 0 Å². The molecule has 1 heteroatoms. The van der Waals surface area contributed by atoms with E-state index in [1.54, 1.807) is 0 Å². The Balaban J connectivity index is 0.000000152. The Hall–Kier alpha value is -3.58. The Morgan fingerprint density at radius 2 is 1.31 bits per heavy atom. The van der Waals surface area contributed by atoms with Gasteiger partial charge < -0.3 is 4.90 Å². The minimum atomic E-state index is 0.0322. The van der Waals surface area contributed by atoms with Gasteiger partial charge in [-0.3, -0.25) is 0 Å². The van der Waals surface area contributed by atoms with Gasteiger partial charge in [0.05, 0.1) is 0 Å². The van der Waals surface area contributed by atoms with E-state index in [1.807, 2.05) is 0 Å². The lowest BCUT2D eigenvalue weighted by atomic mass is 9.81. The van der Waals surface area contributed by atoms with Crippen LogP contribution in [0.25, 0.3) is 27.1 Å². The predicted molar refractivity (Wildman–Crippen MR) is 159 cm³/mol. The number of nitrogens with zero attached hydrogens (tertiary/aromatic N) is 1. The zero-order valence-electron chi connectivity index (χ0n) is 22.7. The monoisotopic (exact) mass is 471 g/mol. The minimum absolute atomic E-state index is 0.0322. The number of hydrogen-bond donors (Lipinski definition) is 0. The van der Waals surface area contributed by atoms with Gasteiger partial charge in [-0.05, 0) is 69.8 Å². The highest BCUT2D eigenvalue weighted by atomic mass is 15.2. The van der Waals surface area contributed by atoms with Crippen molar-refractivity contribution < 1.29 is 0 Å². The Morgan fingerprint density at radius 3 is 1.94 bits per heavy atom. The first-order valence-electron chi connectivity index (χ1n) is 13.0. The highest BCUT2D eigenvalue weighted by Crippen LogP contribution is 2.50. The third-order valence-corrected chi connectivity index (χ3v) is 7.92. The second-order valence-electron chi connectivity index (χ2n) is 11.2. The van der Waals surface area contributed by atoms with Gasteiger partial charge in [-0.15, -0.1) is 0 Å². The summed E-state index contributed by atoms with van der Waals surface area (Å²) in [5, 5.41) is 5.43. The predicted octanol–water partition coefficient (Wildman–Crippen LogP) is 9.56. The van der Waals surface area contributed by atoms with E-state index < -0.39 is 0 Å². The van der Waals surface area contributed by atoms with Gasteiger partial charge in [-0.2, -0.15) is 0 Å². The summed E-state index contributed by atoms with van der Waals surface area (Å²) < 4.78 is 0. The highest BCUT2D eigenvalue weighted by molar-refractivity contribution is 5.95. The van der Waals surface area contributed by atoms with Crippen molar-refractivity contribution in [1.82, 2.24) is 0 Å². The van der Waals surface area contributed by atoms with E-state index in [0.717, 1.165) is 0 Å². The molecular weight excluding hydrogens is 434 g/mol. The van der Waals surface area contributed by atoms with E-state index >= 15 is 0 Å². The lowest BCUT2D eigenvalue weighted by Gasteiger charge is -2.24. The summed E-state index contributed by atoms with van der Waals surface area (Å²) in [7, 11) is 2.16. The Labute approximate surface area is 216 Å². The molecule has 1 heterocycles. The molecule has 1 nitrogen and oxygen atoms in total. The Bertz CT molecular complexity index is 1560. The molecule has 6 rings (SSSR count). The molecule has 0 amide bonds. The number of rotatable bonds is 1. The maximum absolute atomic E-state index is 2.38. The minimum Gasteiger partial charge on any atom is -0.347 e. The van der Waals surface area contributed by atoms with Crippen molar-refractivity contribution >= 4 is 32.8 Å². The van der Waals surface area contributed by atoms with Gasteiger partial charge in [0.25, 0.3) is 0 Å². The summed E-state index contributed by atoms with van der Waals surface area (Å²) in [4.78, 5) is 2.32. The van der Waals surface area contributed by atoms with Crippen LogP contribution >= 0.6 is 0 Å². The molecule has 0 unspecified atom stereocenters. The van der Waals surface area contributed by atoms with Crippen molar-refractivity contribution in [2.45, 2.75) is 52.4 Å². The molecule has 0 saturated heterocycles. The van der Waals surface area contributed by atoms with E-state index in [9.17, 15) is 0 Å². The first-order chi connectivity index (χ1) is 17.2. The number of hydrogen-bond acceptors (Lipinski definition) is 1. The number of anilines is 1. The Kier molecular flexibility index (Phi) is 5.91. The number of fused-ring (bicyclic) bond motifs is 6. The third kappa shape index (κ3) is 3.78. The van der Waals surface area contributed by atoms with Crippen molar-refractivity contribution in [3.05, 3.63) is 119 Å². The normalized spacial score (nSPS) is 18.4. The second-order valence-corrected chi connectivity index (χ2v) is 11.2. The molecule has 0 N–H and O–H groups in total. The standard InChI is InChI=1S/C19H21N.C16H16/c1-5-6-11-17-19(2,3)18-15-10-8-7-9-14(15)12-13-16(18)20(17)4;1-11-10-16(2,3)15-13(11)9-8-12-6-4-5-7-14(12)15/h5-13H,1-4H3;4-10H,1-3H3/b6-5+,17-11-;. The third-order valence-electron chi connectivity index (χ3n) is 7.92. The summed E-state index contributed by atoms with van der Waals surface area (Å²) in [6.07, 6.45) is 8.82. The first kappa shape index (κ1) is 24.1. The van der Waals surface area contributed by atoms with E-state index in [1.165, 1.54) is 55.2 Å². The van der Waals surface area contributed by atoms with Crippen LogP contribution in [-0.2, 0) is 10.8 Å². The Morgan fingerprint density at radius 1 is 0.722 bits per heavy atom. The number of allylic oxidation sites excluding steroid dienone is 6. The molecule has 0 fully saturated rings. The average Bonchev–Trinajstić information content (AvgIpc) is 3.22. The van der Waals surface area contributed by atoms with Gasteiger partial charge in [0.1, 0.15) is 0 Å². The molecular formula is C35H37N. The largest absolute Gasteiger partial charge is 0.347 e. The van der Waals surface area contributed by atoms with Crippen LogP contribution in [0.1, 0.15) is 58.2 Å². The lowest BCUT2D eigenvalue weighted by molar-refractivity contribution is 0.645. The van der Waals surface area contributed by atoms with Crippen molar-refractivity contribution in [2.75, 3.05) is 11.9 Å². The molecule has 1 aliphatic heterocycles. The fraction of sp³-hybridized carbons (Fsp3) is 0.257. The maximum Gasteiger partial charge on any atom is 0.0454 e. The summed E-state index contributed by atoms with van der Waals surface area (Å²) in [5.41, 5.74) is 8.63. The molecule has 0 atom stereocenters. The summed E-state index contributed by atoms with van der Waals surface area (Å²) in [6.45, 7) is 13.5. The summed E-state index contributed by atoms with van der Waals surface area (Å²) in [6, 6.07) is 26.3. The van der Waals surface area contributed by atoms with Gasteiger partial charge in [0.15, 0.2) is 0 Å². The molecule has 2 aliphatic rings. The van der Waals surface area contributed by atoms with Crippen LogP contribution in [0.3, 0.4) is 0 Å². The van der Waals surface area contributed by atoms with Crippen LogP contribution in [-0.4, -0.2) is 7.05 Å². The molecule has 0 aromatic heterocycles. The quantitative estimate of drug-likeness (QED) is 0.267. The van der Waals surface area contributed by atoms with Crippen molar-refractivity contribution in [3.63, 3.8) is 0 Å². The average molecular weight is 472 g/mol. The molecule has 0 radical (unpaired) electrons. The lowest BCUT2D eigenvalue weighted by Crippen LogP contribution is -2.22. The molecule has 4 aromatic rings. The van der Waals surface area contributed by atoms with E-state index in [-0.39, 0.29) is 10.8 Å². The van der Waals surface area contributed by atoms with Crippen molar-refractivity contribution in [2.24, 2.45) is 0 Å². The number of likely N-dealkylation sites (N-methyl/N-ethyl adjacent to an activating group) is 1.